The average molecular weight is 487 g/mol. The molecule has 2 bridgehead atoms. The van der Waals surface area contributed by atoms with Crippen LogP contribution < -0.4 is 9.61 Å². The number of ether oxygens (including phenoxy) is 1. The second-order valence-electron chi connectivity index (χ2n) is 9.17. The number of H-pyrrole nitrogens is 1. The normalized spacial score (nSPS) is 33.7. The zero-order chi connectivity index (χ0) is 23.0. The first-order valence-corrected chi connectivity index (χ1v) is 12.7. The number of thiazole rings is 1. The number of benzene rings is 1. The number of carboxylic acid groups (broad SMARTS) is 1. The number of aromatic nitrogens is 1. The van der Waals surface area contributed by atoms with Crippen LogP contribution in [0, 0.1) is 29.6 Å². The van der Waals surface area contributed by atoms with Gasteiger partial charge in [-0.25, -0.2) is 0 Å². The number of methoxy groups -OCH3 is 1. The topological polar surface area (TPSA) is 117 Å². The fourth-order valence-corrected chi connectivity index (χ4v) is 9.66. The highest BCUT2D eigenvalue weighted by molar-refractivity contribution is 8.00. The highest BCUT2D eigenvalue weighted by Gasteiger charge is 2.69. The van der Waals surface area contributed by atoms with Crippen molar-refractivity contribution in [1.82, 2.24) is 9.88 Å². The number of carbonyl (C=O) groups excluding carboxylic acids is 2. The predicted octanol–water partition coefficient (Wildman–Crippen LogP) is 2.39. The van der Waals surface area contributed by atoms with E-state index in [1.807, 2.05) is 24.3 Å². The van der Waals surface area contributed by atoms with Crippen molar-refractivity contribution in [3.05, 3.63) is 44.4 Å². The lowest BCUT2D eigenvalue weighted by molar-refractivity contribution is -0.142. The number of aliphatic carboxylic acids is 1. The number of thioether (sulfide) groups is 1. The van der Waals surface area contributed by atoms with Crippen molar-refractivity contribution in [3.63, 3.8) is 0 Å². The second-order valence-corrected chi connectivity index (χ2v) is 11.4. The lowest BCUT2D eigenvalue weighted by Crippen LogP contribution is -2.42. The third kappa shape index (κ3) is 2.89. The molecule has 2 aliphatic carbocycles. The number of hydrogen-bond acceptors (Lipinski definition) is 7. The lowest BCUT2D eigenvalue weighted by Gasteiger charge is -2.43. The summed E-state index contributed by atoms with van der Waals surface area (Å²) in [6.45, 7) is -0.0709. The number of hydrogen-bond donors (Lipinski definition) is 2. The minimum atomic E-state index is -1.02. The summed E-state index contributed by atoms with van der Waals surface area (Å²) in [5.41, 5.74) is 0.996. The Bertz CT molecular complexity index is 1240. The van der Waals surface area contributed by atoms with Crippen molar-refractivity contribution in [2.45, 2.75) is 29.0 Å². The highest BCUT2D eigenvalue weighted by atomic mass is 32.2. The number of nitrogens with zero attached hydrogens (tertiary/aromatic N) is 1. The van der Waals surface area contributed by atoms with Crippen molar-refractivity contribution in [2.24, 2.45) is 29.6 Å². The Balaban J connectivity index is 1.43. The molecular formula is C23H22N2O6S2. The van der Waals surface area contributed by atoms with Crippen molar-refractivity contribution in [1.29, 1.82) is 0 Å². The maximum Gasteiger partial charge on any atom is 0.305 e. The van der Waals surface area contributed by atoms with E-state index in [1.54, 1.807) is 18.9 Å². The van der Waals surface area contributed by atoms with E-state index in [0.29, 0.717) is 0 Å². The van der Waals surface area contributed by atoms with Gasteiger partial charge in [0.15, 0.2) is 0 Å². The third-order valence-electron chi connectivity index (χ3n) is 7.84. The van der Waals surface area contributed by atoms with Gasteiger partial charge in [-0.15, -0.1) is 11.8 Å². The maximum absolute atomic E-state index is 13.3. The number of fused-ring (bicyclic) bond motifs is 9. The first kappa shape index (κ1) is 21.0. The van der Waals surface area contributed by atoms with Crippen LogP contribution >= 0.6 is 23.1 Å². The molecule has 2 N–H and O–H groups in total. The van der Waals surface area contributed by atoms with Gasteiger partial charge in [0.1, 0.15) is 5.75 Å². The van der Waals surface area contributed by atoms with Gasteiger partial charge in [-0.05, 0) is 30.2 Å². The molecule has 1 aromatic carbocycles. The largest absolute Gasteiger partial charge is 0.496 e. The molecule has 172 valence electrons. The number of para-hydroxylation sites is 1. The molecule has 1 saturated heterocycles. The zero-order valence-corrected chi connectivity index (χ0v) is 19.4. The van der Waals surface area contributed by atoms with E-state index >= 15 is 0 Å². The summed E-state index contributed by atoms with van der Waals surface area (Å²) < 4.78 is 5.67. The van der Waals surface area contributed by atoms with Crippen LogP contribution in [0.15, 0.2) is 34.1 Å². The number of rotatable bonds is 5. The van der Waals surface area contributed by atoms with Crippen molar-refractivity contribution in [2.75, 3.05) is 13.7 Å². The summed E-state index contributed by atoms with van der Waals surface area (Å²) in [4.78, 5) is 54.9. The van der Waals surface area contributed by atoms with Crippen molar-refractivity contribution in [3.8, 4) is 5.75 Å². The molecule has 8 nitrogen and oxygen atoms in total. The fraction of sp³-hybridized carbons (Fsp3) is 0.478. The first-order valence-electron chi connectivity index (χ1n) is 11.0. The van der Waals surface area contributed by atoms with Crippen LogP contribution in [0.25, 0.3) is 0 Å². The average Bonchev–Trinajstić information content (AvgIpc) is 3.51. The van der Waals surface area contributed by atoms with Crippen LogP contribution in [0.3, 0.4) is 0 Å². The van der Waals surface area contributed by atoms with Gasteiger partial charge >= 0.3 is 10.8 Å². The second kappa shape index (κ2) is 7.46. The van der Waals surface area contributed by atoms with Crippen LogP contribution in [0.4, 0.5) is 0 Å². The molecule has 2 aromatic rings. The third-order valence-corrected chi connectivity index (χ3v) is 10.4. The van der Waals surface area contributed by atoms with Crippen molar-refractivity contribution >= 4 is 40.9 Å². The molecule has 2 aliphatic heterocycles. The van der Waals surface area contributed by atoms with Gasteiger partial charge in [0.25, 0.3) is 0 Å². The Kier molecular flexibility index (Phi) is 4.74. The van der Waals surface area contributed by atoms with Crippen LogP contribution in [-0.2, 0) is 14.4 Å². The van der Waals surface area contributed by atoms with Gasteiger partial charge in [0, 0.05) is 28.2 Å². The van der Waals surface area contributed by atoms with Crippen LogP contribution in [0.1, 0.15) is 29.2 Å². The highest BCUT2D eigenvalue weighted by Crippen LogP contribution is 2.68. The number of carboxylic acids is 1. The van der Waals surface area contributed by atoms with Crippen LogP contribution in [0.5, 0.6) is 5.75 Å². The van der Waals surface area contributed by atoms with Crippen molar-refractivity contribution < 1.29 is 24.2 Å². The summed E-state index contributed by atoms with van der Waals surface area (Å²) in [7, 11) is 1.63. The molecule has 33 heavy (non-hydrogen) atoms. The van der Waals surface area contributed by atoms with E-state index in [2.05, 4.69) is 4.98 Å². The summed E-state index contributed by atoms with van der Waals surface area (Å²) in [6, 6.07) is 7.80. The van der Waals surface area contributed by atoms with Gasteiger partial charge in [-0.1, -0.05) is 29.5 Å². The fourth-order valence-electron chi connectivity index (χ4n) is 6.78. The standard InChI is InChI=1S/C23H22N2O6S2/c1-31-12-5-3-2-4-9(12)14-15-10-8-11(18(15)32-20-19(14)33-23(30)24-20)17-16(10)21(28)25(22(17)29)7-6-13(26)27/h2-5,10-11,14-18H,6-8H2,1H3,(H,24,30)(H,26,27)/t10?,11?,14-,15?,16?,17?,18?/m1/s1. The molecule has 6 unspecified atom stereocenters. The van der Waals surface area contributed by atoms with E-state index < -0.39 is 17.8 Å². The molecule has 3 heterocycles. The maximum atomic E-state index is 13.3. The van der Waals surface area contributed by atoms with Gasteiger partial charge in [0.05, 0.1) is 30.4 Å². The molecule has 3 fully saturated rings. The SMILES string of the molecule is COc1ccccc1[C@H]1c2sc(=O)[nH]c2SC2C3CC(C4C(=O)N(CCC(=O)O)C(=O)C34)C21. The summed E-state index contributed by atoms with van der Waals surface area (Å²) in [6.07, 6.45) is 0.558. The van der Waals surface area contributed by atoms with Gasteiger partial charge in [0.2, 0.25) is 11.8 Å². The Morgan fingerprint density at radius 2 is 1.91 bits per heavy atom. The number of amides is 2. The smallest absolute Gasteiger partial charge is 0.305 e. The van der Waals surface area contributed by atoms with E-state index in [9.17, 15) is 19.2 Å². The monoisotopic (exact) mass is 486 g/mol. The molecule has 0 radical (unpaired) electrons. The Morgan fingerprint density at radius 1 is 1.18 bits per heavy atom. The molecule has 6 rings (SSSR count). The van der Waals surface area contributed by atoms with E-state index in [-0.39, 0.29) is 58.6 Å². The first-order chi connectivity index (χ1) is 15.9. The number of nitrogens with one attached hydrogen (secondary N) is 1. The Morgan fingerprint density at radius 3 is 2.64 bits per heavy atom. The van der Waals surface area contributed by atoms with E-state index in [1.165, 1.54) is 16.2 Å². The Labute approximate surface area is 197 Å². The van der Waals surface area contributed by atoms with Gasteiger partial charge in [-0.3, -0.25) is 24.1 Å². The lowest BCUT2D eigenvalue weighted by atomic mass is 9.68. The minimum absolute atomic E-state index is 0.00374. The minimum Gasteiger partial charge on any atom is -0.496 e. The zero-order valence-electron chi connectivity index (χ0n) is 17.7. The number of likely N-dealkylation sites (tertiary alicyclic amines) is 1. The van der Waals surface area contributed by atoms with E-state index in [0.717, 1.165) is 27.6 Å². The van der Waals surface area contributed by atoms with Crippen LogP contribution in [-0.4, -0.2) is 51.7 Å². The molecule has 4 aliphatic rings. The molecule has 2 amide bonds. The van der Waals surface area contributed by atoms with Crippen LogP contribution in [0.2, 0.25) is 0 Å². The van der Waals surface area contributed by atoms with Gasteiger partial charge < -0.3 is 14.8 Å². The molecular weight excluding hydrogens is 464 g/mol. The number of carbonyl (C=O) groups is 3. The predicted molar refractivity (Wildman–Crippen MR) is 120 cm³/mol. The summed E-state index contributed by atoms with van der Waals surface area (Å²) in [5.74, 6) is -1.51. The number of imide groups is 1. The molecule has 2 saturated carbocycles. The molecule has 10 heteroatoms. The number of aromatic amines is 1. The summed E-state index contributed by atoms with van der Waals surface area (Å²) in [5, 5.41) is 10.0. The Hall–Kier alpha value is -2.59. The molecule has 0 spiro atoms. The van der Waals surface area contributed by atoms with E-state index in [4.69, 9.17) is 9.84 Å². The molecule has 7 atom stereocenters. The molecule has 1 aromatic heterocycles. The summed E-state index contributed by atoms with van der Waals surface area (Å²) >= 11 is 2.85. The van der Waals surface area contributed by atoms with Gasteiger partial charge in [-0.2, -0.15) is 0 Å². The quantitative estimate of drug-likeness (QED) is 0.623.